The molecule has 3 aliphatic rings. The number of benzene rings is 1. The molecule has 0 spiro atoms. The number of hydrogen-bond donors (Lipinski definition) is 0. The van der Waals surface area contributed by atoms with Gasteiger partial charge in [-0.3, -0.25) is 4.79 Å². The van der Waals surface area contributed by atoms with Crippen molar-refractivity contribution in [2.75, 3.05) is 6.61 Å². The van der Waals surface area contributed by atoms with Crippen LogP contribution in [0.2, 0.25) is 0 Å². The van der Waals surface area contributed by atoms with Crippen molar-refractivity contribution in [3.63, 3.8) is 0 Å². The largest absolute Gasteiger partial charge is 0.343 e. The second kappa shape index (κ2) is 3.40. The summed E-state index contributed by atoms with van der Waals surface area (Å²) < 4.78 is 11.0. The summed E-state index contributed by atoms with van der Waals surface area (Å²) in [5.41, 5.74) is 2.69. The van der Waals surface area contributed by atoms with Crippen LogP contribution in [0.4, 0.5) is 0 Å². The third kappa shape index (κ3) is 1.33. The standard InChI is InChI=1S/C14H14O3/c15-13-11-6-9-4-2-1-3-8(9)5-10(11)12-7-16-14(13)17-12/h1-4,10-12,14H,5-7H2. The smallest absolute Gasteiger partial charge is 0.218 e. The summed E-state index contributed by atoms with van der Waals surface area (Å²) in [6.07, 6.45) is 1.36. The van der Waals surface area contributed by atoms with Crippen molar-refractivity contribution in [1.82, 2.24) is 0 Å². The van der Waals surface area contributed by atoms with Gasteiger partial charge in [-0.05, 0) is 24.0 Å². The lowest BCUT2D eigenvalue weighted by molar-refractivity contribution is -0.166. The Morgan fingerprint density at radius 2 is 1.88 bits per heavy atom. The molecule has 2 fully saturated rings. The van der Waals surface area contributed by atoms with E-state index in [4.69, 9.17) is 9.47 Å². The van der Waals surface area contributed by atoms with E-state index in [1.54, 1.807) is 0 Å². The highest BCUT2D eigenvalue weighted by molar-refractivity contribution is 5.86. The quantitative estimate of drug-likeness (QED) is 0.674. The second-order valence-electron chi connectivity index (χ2n) is 5.19. The molecule has 88 valence electrons. The number of rotatable bonds is 0. The van der Waals surface area contributed by atoms with E-state index in [1.807, 2.05) is 6.07 Å². The molecular formula is C14H14O3. The van der Waals surface area contributed by atoms with Gasteiger partial charge in [-0.1, -0.05) is 24.3 Å². The number of ether oxygens (including phenoxy) is 2. The van der Waals surface area contributed by atoms with E-state index in [9.17, 15) is 4.79 Å². The number of hydrogen-bond acceptors (Lipinski definition) is 3. The van der Waals surface area contributed by atoms with Gasteiger partial charge in [-0.15, -0.1) is 0 Å². The fourth-order valence-corrected chi connectivity index (χ4v) is 3.41. The zero-order valence-corrected chi connectivity index (χ0v) is 9.46. The number of carbonyl (C=O) groups is 1. The van der Waals surface area contributed by atoms with Crippen molar-refractivity contribution < 1.29 is 14.3 Å². The Morgan fingerprint density at radius 1 is 1.12 bits per heavy atom. The molecular weight excluding hydrogens is 216 g/mol. The van der Waals surface area contributed by atoms with Crippen molar-refractivity contribution in [3.8, 4) is 0 Å². The molecule has 4 unspecified atom stereocenters. The van der Waals surface area contributed by atoms with Crippen LogP contribution in [-0.4, -0.2) is 24.8 Å². The molecule has 2 aliphatic heterocycles. The zero-order valence-electron chi connectivity index (χ0n) is 9.46. The van der Waals surface area contributed by atoms with Crippen molar-refractivity contribution in [2.45, 2.75) is 25.2 Å². The average molecular weight is 230 g/mol. The van der Waals surface area contributed by atoms with Gasteiger partial charge in [0.25, 0.3) is 0 Å². The molecule has 0 N–H and O–H groups in total. The topological polar surface area (TPSA) is 35.5 Å². The van der Waals surface area contributed by atoms with E-state index in [-0.39, 0.29) is 17.8 Å². The molecule has 1 aromatic carbocycles. The van der Waals surface area contributed by atoms with E-state index >= 15 is 0 Å². The molecule has 1 aliphatic carbocycles. The van der Waals surface area contributed by atoms with Crippen LogP contribution < -0.4 is 0 Å². The Hall–Kier alpha value is -1.19. The van der Waals surface area contributed by atoms with Crippen LogP contribution in [-0.2, 0) is 27.1 Å². The lowest BCUT2D eigenvalue weighted by Gasteiger charge is -2.38. The summed E-state index contributed by atoms with van der Waals surface area (Å²) >= 11 is 0. The van der Waals surface area contributed by atoms with Crippen LogP contribution in [0.1, 0.15) is 11.1 Å². The van der Waals surface area contributed by atoms with Gasteiger partial charge in [-0.2, -0.15) is 0 Å². The van der Waals surface area contributed by atoms with Gasteiger partial charge < -0.3 is 9.47 Å². The Balaban J connectivity index is 1.76. The van der Waals surface area contributed by atoms with Crippen LogP contribution in [0.5, 0.6) is 0 Å². The molecule has 2 bridgehead atoms. The maximum Gasteiger partial charge on any atom is 0.218 e. The monoisotopic (exact) mass is 230 g/mol. The van der Waals surface area contributed by atoms with E-state index in [0.717, 1.165) is 12.8 Å². The van der Waals surface area contributed by atoms with Gasteiger partial charge in [0.05, 0.1) is 12.7 Å². The highest BCUT2D eigenvalue weighted by atomic mass is 16.7. The fourth-order valence-electron chi connectivity index (χ4n) is 3.41. The molecule has 2 saturated heterocycles. The van der Waals surface area contributed by atoms with Crippen LogP contribution in [0, 0.1) is 11.8 Å². The van der Waals surface area contributed by atoms with Crippen molar-refractivity contribution in [3.05, 3.63) is 35.4 Å². The number of Topliss-reactive ketones (excluding diaryl/α,β-unsaturated/α-hetero) is 1. The highest BCUT2D eigenvalue weighted by Crippen LogP contribution is 2.41. The average Bonchev–Trinajstić information content (AvgIpc) is 2.81. The van der Waals surface area contributed by atoms with Gasteiger partial charge in [0.1, 0.15) is 0 Å². The summed E-state index contributed by atoms with van der Waals surface area (Å²) in [4.78, 5) is 12.2. The van der Waals surface area contributed by atoms with Crippen LogP contribution in [0.25, 0.3) is 0 Å². The maximum absolute atomic E-state index is 12.2. The molecule has 0 saturated carbocycles. The molecule has 1 aromatic rings. The summed E-state index contributed by atoms with van der Waals surface area (Å²) in [5, 5.41) is 0. The van der Waals surface area contributed by atoms with E-state index < -0.39 is 6.29 Å². The Bertz CT molecular complexity index is 482. The van der Waals surface area contributed by atoms with E-state index in [0.29, 0.717) is 12.5 Å². The Labute approximate surface area is 99.7 Å². The van der Waals surface area contributed by atoms with Crippen LogP contribution in [0.15, 0.2) is 24.3 Å². The third-order valence-electron chi connectivity index (χ3n) is 4.32. The molecule has 17 heavy (non-hydrogen) atoms. The first-order chi connectivity index (χ1) is 8.33. The van der Waals surface area contributed by atoms with Gasteiger partial charge in [-0.25, -0.2) is 0 Å². The lowest BCUT2D eigenvalue weighted by atomic mass is 9.71. The van der Waals surface area contributed by atoms with Crippen LogP contribution >= 0.6 is 0 Å². The normalized spacial score (nSPS) is 38.7. The SMILES string of the molecule is O=C1C2OCC(O2)C2Cc3ccccc3CC12. The molecule has 3 heteroatoms. The first-order valence-electron chi connectivity index (χ1n) is 6.20. The molecule has 0 amide bonds. The summed E-state index contributed by atoms with van der Waals surface area (Å²) in [6.45, 7) is 0.583. The summed E-state index contributed by atoms with van der Waals surface area (Å²) in [5.74, 6) is 0.575. The van der Waals surface area contributed by atoms with Gasteiger partial charge >= 0.3 is 0 Å². The highest BCUT2D eigenvalue weighted by Gasteiger charge is 2.50. The molecule has 3 nitrogen and oxygen atoms in total. The minimum absolute atomic E-state index is 0.108. The van der Waals surface area contributed by atoms with Gasteiger partial charge in [0, 0.05) is 11.8 Å². The van der Waals surface area contributed by atoms with E-state index in [2.05, 4.69) is 18.2 Å². The summed E-state index contributed by atoms with van der Waals surface area (Å²) in [6, 6.07) is 8.42. The predicted octanol–water partition coefficient (Wildman–Crippen LogP) is 1.34. The molecule has 4 atom stereocenters. The first-order valence-corrected chi connectivity index (χ1v) is 6.20. The maximum atomic E-state index is 12.2. The third-order valence-corrected chi connectivity index (χ3v) is 4.32. The first kappa shape index (κ1) is 9.80. The number of ketones is 1. The second-order valence-corrected chi connectivity index (χ2v) is 5.19. The predicted molar refractivity (Wildman–Crippen MR) is 60.5 cm³/mol. The molecule has 0 aromatic heterocycles. The minimum Gasteiger partial charge on any atom is -0.343 e. The molecule has 2 heterocycles. The van der Waals surface area contributed by atoms with Crippen LogP contribution in [0.3, 0.4) is 0 Å². The zero-order chi connectivity index (χ0) is 11.4. The molecule has 4 rings (SSSR count). The Kier molecular flexibility index (Phi) is 1.96. The Morgan fingerprint density at radius 3 is 2.71 bits per heavy atom. The fraction of sp³-hybridized carbons (Fsp3) is 0.500. The van der Waals surface area contributed by atoms with Gasteiger partial charge in [0.2, 0.25) is 6.29 Å². The molecule has 0 radical (unpaired) electrons. The van der Waals surface area contributed by atoms with Crippen molar-refractivity contribution in [2.24, 2.45) is 11.8 Å². The van der Waals surface area contributed by atoms with Crippen molar-refractivity contribution >= 4 is 5.78 Å². The minimum atomic E-state index is -0.577. The lowest BCUT2D eigenvalue weighted by Crippen LogP contribution is -2.47. The van der Waals surface area contributed by atoms with E-state index in [1.165, 1.54) is 11.1 Å². The number of carbonyl (C=O) groups excluding carboxylic acids is 1. The summed E-state index contributed by atoms with van der Waals surface area (Å²) in [7, 11) is 0. The number of fused-ring (bicyclic) bond motifs is 5. The van der Waals surface area contributed by atoms with Gasteiger partial charge in [0.15, 0.2) is 5.78 Å². The van der Waals surface area contributed by atoms with Crippen molar-refractivity contribution in [1.29, 1.82) is 0 Å².